The van der Waals surface area contributed by atoms with Crippen molar-refractivity contribution in [2.75, 3.05) is 19.0 Å². The molecule has 20 heavy (non-hydrogen) atoms. The van der Waals surface area contributed by atoms with E-state index in [0.29, 0.717) is 6.42 Å². The minimum absolute atomic E-state index is 0.515. The molecule has 2 heteroatoms. The van der Waals surface area contributed by atoms with Gasteiger partial charge in [0.2, 0.25) is 0 Å². The van der Waals surface area contributed by atoms with Gasteiger partial charge >= 0.3 is 0 Å². The van der Waals surface area contributed by atoms with E-state index in [2.05, 4.69) is 6.58 Å². The summed E-state index contributed by atoms with van der Waals surface area (Å²) in [5.41, 5.74) is 4.08. The molecule has 0 amide bonds. The maximum atomic E-state index is 10.3. The van der Waals surface area contributed by atoms with E-state index in [1.807, 2.05) is 73.6 Å². The van der Waals surface area contributed by atoms with Crippen molar-refractivity contribution in [2.24, 2.45) is 0 Å². The second-order valence-corrected chi connectivity index (χ2v) is 5.18. The van der Waals surface area contributed by atoms with Crippen molar-refractivity contribution in [3.05, 3.63) is 72.3 Å². The van der Waals surface area contributed by atoms with Crippen LogP contribution in [0.4, 0.5) is 5.69 Å². The van der Waals surface area contributed by atoms with Crippen LogP contribution in [0.1, 0.15) is 23.7 Å². The van der Waals surface area contributed by atoms with Crippen LogP contribution in [0.5, 0.6) is 0 Å². The standard InChI is InChI=1S/C18H21NO/c1-14(15-7-5-4-6-8-15)13-18(20)16-9-11-17(12-10-16)19(2)3/h4-12,18,20H,1,13H2,2-3H3. The molecule has 0 spiro atoms. The Bertz CT molecular complexity index is 558. The maximum Gasteiger partial charge on any atom is 0.0830 e. The van der Waals surface area contributed by atoms with Crippen LogP contribution in [0, 0.1) is 0 Å². The normalized spacial score (nSPS) is 11.9. The summed E-state index contributed by atoms with van der Waals surface area (Å²) in [7, 11) is 4.01. The molecule has 0 radical (unpaired) electrons. The highest BCUT2D eigenvalue weighted by Gasteiger charge is 2.10. The Balaban J connectivity index is 2.04. The summed E-state index contributed by atoms with van der Waals surface area (Å²) in [6.45, 7) is 4.07. The first-order valence-corrected chi connectivity index (χ1v) is 6.76. The second kappa shape index (κ2) is 6.40. The Labute approximate surface area is 121 Å². The Morgan fingerprint density at radius 2 is 1.65 bits per heavy atom. The van der Waals surface area contributed by atoms with E-state index in [-0.39, 0.29) is 0 Å². The number of nitrogens with zero attached hydrogens (tertiary/aromatic N) is 1. The largest absolute Gasteiger partial charge is 0.388 e. The summed E-state index contributed by atoms with van der Waals surface area (Å²) >= 11 is 0. The fourth-order valence-electron chi connectivity index (χ4n) is 2.14. The molecule has 0 aliphatic heterocycles. The van der Waals surface area contributed by atoms with E-state index >= 15 is 0 Å². The lowest BCUT2D eigenvalue weighted by Crippen LogP contribution is -2.08. The zero-order valence-corrected chi connectivity index (χ0v) is 12.1. The van der Waals surface area contributed by atoms with Gasteiger partial charge in [-0.1, -0.05) is 49.0 Å². The predicted octanol–water partition coefficient (Wildman–Crippen LogP) is 3.89. The van der Waals surface area contributed by atoms with Gasteiger partial charge in [-0.15, -0.1) is 0 Å². The van der Waals surface area contributed by atoms with Gasteiger partial charge in [0.05, 0.1) is 6.10 Å². The molecule has 0 bridgehead atoms. The molecule has 0 saturated carbocycles. The summed E-state index contributed by atoms with van der Waals surface area (Å²) in [6, 6.07) is 18.0. The lowest BCUT2D eigenvalue weighted by atomic mass is 9.97. The Morgan fingerprint density at radius 1 is 1.05 bits per heavy atom. The maximum absolute atomic E-state index is 10.3. The van der Waals surface area contributed by atoms with Gasteiger partial charge in [-0.3, -0.25) is 0 Å². The van der Waals surface area contributed by atoms with Crippen molar-refractivity contribution in [2.45, 2.75) is 12.5 Å². The summed E-state index contributed by atoms with van der Waals surface area (Å²) in [6.07, 6.45) is 0.0321. The van der Waals surface area contributed by atoms with Crippen molar-refractivity contribution in [1.29, 1.82) is 0 Å². The highest BCUT2D eigenvalue weighted by atomic mass is 16.3. The molecule has 2 aromatic rings. The van der Waals surface area contributed by atoms with Crippen LogP contribution in [-0.4, -0.2) is 19.2 Å². The van der Waals surface area contributed by atoms with E-state index in [1.165, 1.54) is 0 Å². The third-order valence-corrected chi connectivity index (χ3v) is 3.42. The van der Waals surface area contributed by atoms with Crippen LogP contribution >= 0.6 is 0 Å². The minimum atomic E-state index is -0.515. The molecule has 0 aliphatic rings. The molecular weight excluding hydrogens is 246 g/mol. The molecule has 2 aromatic carbocycles. The van der Waals surface area contributed by atoms with E-state index in [9.17, 15) is 5.11 Å². The van der Waals surface area contributed by atoms with E-state index in [4.69, 9.17) is 0 Å². The lowest BCUT2D eigenvalue weighted by Gasteiger charge is -2.16. The molecule has 1 atom stereocenters. The van der Waals surface area contributed by atoms with Gasteiger partial charge in [0, 0.05) is 26.2 Å². The predicted molar refractivity (Wildman–Crippen MR) is 85.8 cm³/mol. The first-order valence-electron chi connectivity index (χ1n) is 6.76. The zero-order chi connectivity index (χ0) is 14.5. The van der Waals surface area contributed by atoms with Gasteiger partial charge in [0.25, 0.3) is 0 Å². The van der Waals surface area contributed by atoms with E-state index in [1.54, 1.807) is 0 Å². The van der Waals surface area contributed by atoms with Crippen LogP contribution in [-0.2, 0) is 0 Å². The third-order valence-electron chi connectivity index (χ3n) is 3.42. The lowest BCUT2D eigenvalue weighted by molar-refractivity contribution is 0.184. The number of rotatable bonds is 5. The Hall–Kier alpha value is -2.06. The highest BCUT2D eigenvalue weighted by molar-refractivity contribution is 5.63. The van der Waals surface area contributed by atoms with Crippen LogP contribution < -0.4 is 4.90 Å². The summed E-state index contributed by atoms with van der Waals surface area (Å²) in [5.74, 6) is 0. The molecule has 1 N–H and O–H groups in total. The molecule has 1 unspecified atom stereocenters. The van der Waals surface area contributed by atoms with E-state index < -0.39 is 6.10 Å². The number of anilines is 1. The Kier molecular flexibility index (Phi) is 4.59. The average Bonchev–Trinajstić information content (AvgIpc) is 2.48. The third kappa shape index (κ3) is 3.49. The molecule has 2 nitrogen and oxygen atoms in total. The summed E-state index contributed by atoms with van der Waals surface area (Å²) in [5, 5.41) is 10.3. The zero-order valence-electron chi connectivity index (χ0n) is 12.1. The molecule has 0 aromatic heterocycles. The van der Waals surface area contributed by atoms with Gasteiger partial charge in [-0.05, 0) is 28.8 Å². The number of hydrogen-bond acceptors (Lipinski definition) is 2. The fourth-order valence-corrected chi connectivity index (χ4v) is 2.14. The van der Waals surface area contributed by atoms with Crippen LogP contribution in [0.2, 0.25) is 0 Å². The van der Waals surface area contributed by atoms with Gasteiger partial charge < -0.3 is 10.0 Å². The van der Waals surface area contributed by atoms with Crippen molar-refractivity contribution in [1.82, 2.24) is 0 Å². The second-order valence-electron chi connectivity index (χ2n) is 5.18. The number of aliphatic hydroxyl groups excluding tert-OH is 1. The topological polar surface area (TPSA) is 23.5 Å². The fraction of sp³-hybridized carbons (Fsp3) is 0.222. The highest BCUT2D eigenvalue weighted by Crippen LogP contribution is 2.27. The molecule has 0 heterocycles. The molecular formula is C18H21NO. The number of benzene rings is 2. The molecule has 0 fully saturated rings. The van der Waals surface area contributed by atoms with Crippen molar-refractivity contribution < 1.29 is 5.11 Å². The molecule has 0 aliphatic carbocycles. The van der Waals surface area contributed by atoms with Crippen molar-refractivity contribution in [3.8, 4) is 0 Å². The minimum Gasteiger partial charge on any atom is -0.388 e. The molecule has 2 rings (SSSR count). The average molecular weight is 267 g/mol. The monoisotopic (exact) mass is 267 g/mol. The number of aliphatic hydroxyl groups is 1. The Morgan fingerprint density at radius 3 is 2.20 bits per heavy atom. The first-order chi connectivity index (χ1) is 9.58. The number of hydrogen-bond donors (Lipinski definition) is 1. The SMILES string of the molecule is C=C(CC(O)c1ccc(N(C)C)cc1)c1ccccc1. The molecule has 0 saturated heterocycles. The van der Waals surface area contributed by atoms with Gasteiger partial charge in [-0.25, -0.2) is 0 Å². The van der Waals surface area contributed by atoms with Crippen LogP contribution in [0.25, 0.3) is 5.57 Å². The summed E-state index contributed by atoms with van der Waals surface area (Å²) < 4.78 is 0. The van der Waals surface area contributed by atoms with Gasteiger partial charge in [0.15, 0.2) is 0 Å². The van der Waals surface area contributed by atoms with Crippen molar-refractivity contribution >= 4 is 11.3 Å². The smallest absolute Gasteiger partial charge is 0.0830 e. The molecule has 104 valence electrons. The van der Waals surface area contributed by atoms with Gasteiger partial charge in [0.1, 0.15) is 0 Å². The van der Waals surface area contributed by atoms with Gasteiger partial charge in [-0.2, -0.15) is 0 Å². The first kappa shape index (κ1) is 14.4. The quantitative estimate of drug-likeness (QED) is 0.888. The van der Waals surface area contributed by atoms with Crippen LogP contribution in [0.3, 0.4) is 0 Å². The summed E-state index contributed by atoms with van der Waals surface area (Å²) in [4.78, 5) is 2.04. The van der Waals surface area contributed by atoms with E-state index in [0.717, 1.165) is 22.4 Å². The van der Waals surface area contributed by atoms with Crippen LogP contribution in [0.15, 0.2) is 61.2 Å². The van der Waals surface area contributed by atoms with Crippen molar-refractivity contribution in [3.63, 3.8) is 0 Å².